The Bertz CT molecular complexity index is 601. The molecule has 4 nitrogen and oxygen atoms in total. The van der Waals surface area contributed by atoms with Crippen molar-refractivity contribution in [2.24, 2.45) is 0 Å². The van der Waals surface area contributed by atoms with Crippen LogP contribution in [0, 0.1) is 6.92 Å². The third kappa shape index (κ3) is 2.25. The van der Waals surface area contributed by atoms with Gasteiger partial charge in [-0.15, -0.1) is 0 Å². The first-order valence-corrected chi connectivity index (χ1v) is 6.76. The lowest BCUT2D eigenvalue weighted by atomic mass is 10.1. The summed E-state index contributed by atoms with van der Waals surface area (Å²) in [6.07, 6.45) is 0. The Morgan fingerprint density at radius 1 is 1.25 bits per heavy atom. The van der Waals surface area contributed by atoms with E-state index in [1.807, 2.05) is 31.2 Å². The van der Waals surface area contributed by atoms with Crippen LogP contribution in [0.3, 0.4) is 0 Å². The molecule has 0 bridgehead atoms. The van der Waals surface area contributed by atoms with Gasteiger partial charge in [0.05, 0.1) is 0 Å². The molecular formula is C10H8ClNO3S. The van der Waals surface area contributed by atoms with Crippen LogP contribution >= 0.6 is 10.7 Å². The summed E-state index contributed by atoms with van der Waals surface area (Å²) in [6.45, 7) is 1.96. The van der Waals surface area contributed by atoms with Crippen LogP contribution in [-0.2, 0) is 9.05 Å². The van der Waals surface area contributed by atoms with Gasteiger partial charge in [-0.2, -0.15) is 0 Å². The lowest BCUT2D eigenvalue weighted by Gasteiger charge is -1.94. The Labute approximate surface area is 97.3 Å². The zero-order valence-corrected chi connectivity index (χ0v) is 9.92. The van der Waals surface area contributed by atoms with Crippen molar-refractivity contribution in [1.82, 2.24) is 5.16 Å². The predicted molar refractivity (Wildman–Crippen MR) is 59.7 cm³/mol. The van der Waals surface area contributed by atoms with E-state index in [1.165, 1.54) is 6.07 Å². The minimum absolute atomic E-state index is 0.343. The predicted octanol–water partition coefficient (Wildman–Crippen LogP) is 2.58. The monoisotopic (exact) mass is 257 g/mol. The second-order valence-corrected chi connectivity index (χ2v) is 5.83. The van der Waals surface area contributed by atoms with E-state index < -0.39 is 9.05 Å². The van der Waals surface area contributed by atoms with Crippen molar-refractivity contribution in [2.75, 3.05) is 0 Å². The average molecular weight is 258 g/mol. The average Bonchev–Trinajstić information content (AvgIpc) is 2.67. The molecule has 0 N–H and O–H groups in total. The zero-order chi connectivity index (χ0) is 11.8. The van der Waals surface area contributed by atoms with Gasteiger partial charge < -0.3 is 4.52 Å². The summed E-state index contributed by atoms with van der Waals surface area (Å²) in [5.41, 5.74) is 2.33. The van der Waals surface area contributed by atoms with Gasteiger partial charge in [0.25, 0.3) is 14.1 Å². The first-order chi connectivity index (χ1) is 7.47. The molecule has 0 radical (unpaired) electrons. The number of benzene rings is 1. The standard InChI is InChI=1S/C10H8ClNO3S/c1-7-2-4-8(5-3-7)9-6-10(15-12-9)16(11,13)14/h2-6H,1H3. The summed E-state index contributed by atoms with van der Waals surface area (Å²) in [7, 11) is 1.27. The highest BCUT2D eigenvalue weighted by Crippen LogP contribution is 2.23. The fourth-order valence-corrected chi connectivity index (χ4v) is 1.83. The smallest absolute Gasteiger partial charge is 0.297 e. The van der Waals surface area contributed by atoms with Crippen LogP contribution < -0.4 is 0 Å². The normalized spacial score (nSPS) is 11.6. The van der Waals surface area contributed by atoms with Crippen LogP contribution in [0.5, 0.6) is 0 Å². The summed E-state index contributed by atoms with van der Waals surface area (Å²) in [5, 5.41) is 3.30. The number of hydrogen-bond acceptors (Lipinski definition) is 4. The molecule has 0 aliphatic heterocycles. The van der Waals surface area contributed by atoms with Gasteiger partial charge in [-0.3, -0.25) is 0 Å². The van der Waals surface area contributed by atoms with Gasteiger partial charge >= 0.3 is 0 Å². The SMILES string of the molecule is Cc1ccc(-c2cc(S(=O)(=O)Cl)on2)cc1. The molecule has 2 aromatic rings. The van der Waals surface area contributed by atoms with E-state index >= 15 is 0 Å². The Kier molecular flexibility index (Phi) is 2.73. The van der Waals surface area contributed by atoms with Crippen LogP contribution in [0.25, 0.3) is 11.3 Å². The maximum Gasteiger partial charge on any atom is 0.297 e. The molecule has 1 heterocycles. The van der Waals surface area contributed by atoms with Crippen molar-refractivity contribution in [1.29, 1.82) is 0 Å². The number of aromatic nitrogens is 1. The quantitative estimate of drug-likeness (QED) is 0.776. The Morgan fingerprint density at radius 3 is 2.38 bits per heavy atom. The number of halogens is 1. The number of aryl methyl sites for hydroxylation is 1. The van der Waals surface area contributed by atoms with E-state index in [2.05, 4.69) is 9.68 Å². The molecule has 0 amide bonds. The molecule has 0 aliphatic rings. The van der Waals surface area contributed by atoms with Crippen molar-refractivity contribution < 1.29 is 12.9 Å². The van der Waals surface area contributed by atoms with Gasteiger partial charge in [0.15, 0.2) is 0 Å². The van der Waals surface area contributed by atoms with Crippen LogP contribution in [-0.4, -0.2) is 13.6 Å². The molecule has 0 aliphatic carbocycles. The summed E-state index contributed by atoms with van der Waals surface area (Å²) < 4.78 is 26.6. The molecule has 1 aromatic heterocycles. The Hall–Kier alpha value is -1.33. The first kappa shape index (κ1) is 11.2. The summed E-state index contributed by atoms with van der Waals surface area (Å²) >= 11 is 0. The molecular weight excluding hydrogens is 250 g/mol. The maximum atomic E-state index is 11.0. The fourth-order valence-electron chi connectivity index (χ4n) is 1.23. The molecule has 16 heavy (non-hydrogen) atoms. The van der Waals surface area contributed by atoms with Crippen molar-refractivity contribution in [3.05, 3.63) is 35.9 Å². The molecule has 0 saturated heterocycles. The first-order valence-electron chi connectivity index (χ1n) is 4.45. The van der Waals surface area contributed by atoms with E-state index in [1.54, 1.807) is 0 Å². The number of nitrogens with zero attached hydrogens (tertiary/aromatic N) is 1. The van der Waals surface area contributed by atoms with Crippen molar-refractivity contribution in [3.63, 3.8) is 0 Å². The van der Waals surface area contributed by atoms with E-state index in [0.29, 0.717) is 5.69 Å². The van der Waals surface area contributed by atoms with Gasteiger partial charge in [-0.25, -0.2) is 8.42 Å². The van der Waals surface area contributed by atoms with Gasteiger partial charge in [0, 0.05) is 22.3 Å². The summed E-state index contributed by atoms with van der Waals surface area (Å²) in [4.78, 5) is 0. The third-order valence-electron chi connectivity index (χ3n) is 2.08. The second kappa shape index (κ2) is 3.92. The molecule has 84 valence electrons. The highest BCUT2D eigenvalue weighted by molar-refractivity contribution is 8.13. The summed E-state index contributed by atoms with van der Waals surface area (Å²) in [5.74, 6) is 0. The molecule has 2 rings (SSSR count). The lowest BCUT2D eigenvalue weighted by Crippen LogP contribution is -1.85. The van der Waals surface area contributed by atoms with E-state index in [0.717, 1.165) is 11.1 Å². The molecule has 1 aromatic carbocycles. The van der Waals surface area contributed by atoms with E-state index in [4.69, 9.17) is 10.7 Å². The topological polar surface area (TPSA) is 60.2 Å². The van der Waals surface area contributed by atoms with Crippen LogP contribution in [0.4, 0.5) is 0 Å². The van der Waals surface area contributed by atoms with Crippen LogP contribution in [0.15, 0.2) is 39.9 Å². The fraction of sp³-hybridized carbons (Fsp3) is 0.100. The second-order valence-electron chi connectivity index (χ2n) is 3.34. The van der Waals surface area contributed by atoms with Gasteiger partial charge in [0.2, 0.25) is 0 Å². The Balaban J connectivity index is 2.43. The molecule has 0 fully saturated rings. The number of rotatable bonds is 2. The van der Waals surface area contributed by atoms with Crippen molar-refractivity contribution in [2.45, 2.75) is 12.0 Å². The van der Waals surface area contributed by atoms with Gasteiger partial charge in [-0.05, 0) is 6.92 Å². The minimum atomic E-state index is -3.86. The van der Waals surface area contributed by atoms with Crippen LogP contribution in [0.2, 0.25) is 0 Å². The molecule has 0 spiro atoms. The minimum Gasteiger partial charge on any atom is -0.343 e. The highest BCUT2D eigenvalue weighted by atomic mass is 35.7. The zero-order valence-electron chi connectivity index (χ0n) is 8.34. The third-order valence-corrected chi connectivity index (χ3v) is 3.21. The van der Waals surface area contributed by atoms with E-state index in [9.17, 15) is 8.42 Å². The van der Waals surface area contributed by atoms with Crippen molar-refractivity contribution in [3.8, 4) is 11.3 Å². The maximum absolute atomic E-state index is 11.0. The molecule has 6 heteroatoms. The van der Waals surface area contributed by atoms with Crippen molar-refractivity contribution >= 4 is 19.7 Å². The summed E-state index contributed by atoms with van der Waals surface area (Å²) in [6, 6.07) is 8.76. The van der Waals surface area contributed by atoms with E-state index in [-0.39, 0.29) is 5.09 Å². The molecule has 0 atom stereocenters. The van der Waals surface area contributed by atoms with Crippen LogP contribution in [0.1, 0.15) is 5.56 Å². The largest absolute Gasteiger partial charge is 0.343 e. The Morgan fingerprint density at radius 2 is 1.88 bits per heavy atom. The highest BCUT2D eigenvalue weighted by Gasteiger charge is 2.17. The molecule has 0 unspecified atom stereocenters. The van der Waals surface area contributed by atoms with Gasteiger partial charge in [0.1, 0.15) is 5.69 Å². The van der Waals surface area contributed by atoms with Gasteiger partial charge in [-0.1, -0.05) is 35.0 Å². The lowest BCUT2D eigenvalue weighted by molar-refractivity contribution is 0.343. The number of hydrogen-bond donors (Lipinski definition) is 0. The molecule has 0 saturated carbocycles.